The van der Waals surface area contributed by atoms with E-state index in [0.717, 1.165) is 0 Å². The number of hydrogen-bond donors (Lipinski definition) is 2. The van der Waals surface area contributed by atoms with Crippen molar-refractivity contribution >= 4 is 5.91 Å². The average Bonchev–Trinajstić information content (AvgIpc) is 2.37. The summed E-state index contributed by atoms with van der Waals surface area (Å²) in [6, 6.07) is 3.14. The second-order valence-corrected chi connectivity index (χ2v) is 4.58. The van der Waals surface area contributed by atoms with Gasteiger partial charge in [-0.1, -0.05) is 13.8 Å². The predicted octanol–water partition coefficient (Wildman–Crippen LogP) is -0.00840. The number of aromatic nitrogens is 1. The fraction of sp³-hybridized carbons (Fsp3) is 0.538. The summed E-state index contributed by atoms with van der Waals surface area (Å²) in [5.41, 5.74) is -0.354. The molecule has 0 fully saturated rings. The monoisotopic (exact) mass is 268 g/mol. The quantitative estimate of drug-likeness (QED) is 0.729. The van der Waals surface area contributed by atoms with Gasteiger partial charge in [0.1, 0.15) is 0 Å². The minimum Gasteiger partial charge on any atom is -0.478 e. The zero-order valence-electron chi connectivity index (χ0n) is 11.3. The summed E-state index contributed by atoms with van der Waals surface area (Å²) in [7, 11) is 0. The molecule has 0 aromatic carbocycles. The van der Waals surface area contributed by atoms with E-state index >= 15 is 0 Å². The third kappa shape index (κ3) is 5.13. The first-order valence-electron chi connectivity index (χ1n) is 6.24. The topological polar surface area (TPSA) is 80.6 Å². The molecule has 0 saturated heterocycles. The van der Waals surface area contributed by atoms with E-state index in [1.807, 2.05) is 13.8 Å². The first-order valence-corrected chi connectivity index (χ1v) is 6.24. The number of aliphatic hydroxyl groups excluding tert-OH is 1. The van der Waals surface area contributed by atoms with E-state index in [4.69, 9.17) is 9.84 Å². The van der Waals surface area contributed by atoms with Crippen LogP contribution in [0.15, 0.2) is 23.1 Å². The second kappa shape index (κ2) is 7.58. The van der Waals surface area contributed by atoms with Gasteiger partial charge in [-0.15, -0.1) is 0 Å². The average molecular weight is 268 g/mol. The summed E-state index contributed by atoms with van der Waals surface area (Å²) in [5.74, 6) is 0.212. The van der Waals surface area contributed by atoms with E-state index in [-0.39, 0.29) is 37.0 Å². The molecule has 0 aliphatic rings. The lowest BCUT2D eigenvalue weighted by Gasteiger charge is -2.10. The van der Waals surface area contributed by atoms with Crippen molar-refractivity contribution in [3.8, 4) is 5.75 Å². The highest BCUT2D eigenvalue weighted by Gasteiger charge is 2.07. The summed E-state index contributed by atoms with van der Waals surface area (Å²) in [6.07, 6.45) is 1.56. The van der Waals surface area contributed by atoms with E-state index in [2.05, 4.69) is 5.32 Å². The SMILES string of the molecule is CC(C)CNC(=O)COc1cccn(CCO)c1=O. The Kier molecular flexibility index (Phi) is 6.08. The number of hydrogen-bond acceptors (Lipinski definition) is 4. The molecule has 106 valence electrons. The molecule has 1 heterocycles. The van der Waals surface area contributed by atoms with Gasteiger partial charge in [0.05, 0.1) is 6.61 Å². The van der Waals surface area contributed by atoms with Crippen molar-refractivity contribution < 1.29 is 14.6 Å². The summed E-state index contributed by atoms with van der Waals surface area (Å²) in [5, 5.41) is 11.5. The predicted molar refractivity (Wildman–Crippen MR) is 71.1 cm³/mol. The Balaban J connectivity index is 2.56. The highest BCUT2D eigenvalue weighted by Crippen LogP contribution is 2.01. The van der Waals surface area contributed by atoms with Gasteiger partial charge < -0.3 is 19.7 Å². The molecule has 6 nitrogen and oxygen atoms in total. The molecule has 19 heavy (non-hydrogen) atoms. The minimum atomic E-state index is -0.354. The molecule has 1 aromatic rings. The number of nitrogens with zero attached hydrogens (tertiary/aromatic N) is 1. The molecule has 0 saturated carbocycles. The number of pyridine rings is 1. The van der Waals surface area contributed by atoms with Crippen LogP contribution >= 0.6 is 0 Å². The van der Waals surface area contributed by atoms with E-state index in [1.54, 1.807) is 12.3 Å². The first kappa shape index (κ1) is 15.2. The third-order valence-electron chi connectivity index (χ3n) is 2.39. The molecular weight excluding hydrogens is 248 g/mol. The van der Waals surface area contributed by atoms with E-state index in [1.165, 1.54) is 10.6 Å². The number of aliphatic hydroxyl groups is 1. The summed E-state index contributed by atoms with van der Waals surface area (Å²) in [4.78, 5) is 23.3. The molecule has 1 amide bonds. The highest BCUT2D eigenvalue weighted by atomic mass is 16.5. The van der Waals surface area contributed by atoms with Crippen LogP contribution in [0.3, 0.4) is 0 Å². The molecule has 1 aromatic heterocycles. The highest BCUT2D eigenvalue weighted by molar-refractivity contribution is 5.77. The van der Waals surface area contributed by atoms with Gasteiger partial charge in [0, 0.05) is 19.3 Å². The lowest BCUT2D eigenvalue weighted by molar-refractivity contribution is -0.123. The lowest BCUT2D eigenvalue weighted by Crippen LogP contribution is -2.33. The zero-order chi connectivity index (χ0) is 14.3. The second-order valence-electron chi connectivity index (χ2n) is 4.58. The molecule has 0 spiro atoms. The molecule has 0 atom stereocenters. The van der Waals surface area contributed by atoms with E-state index in [9.17, 15) is 9.59 Å². The number of carbonyl (C=O) groups is 1. The fourth-order valence-corrected chi connectivity index (χ4v) is 1.42. The summed E-state index contributed by atoms with van der Waals surface area (Å²) >= 11 is 0. The molecule has 1 rings (SSSR count). The van der Waals surface area contributed by atoms with Gasteiger partial charge in [-0.05, 0) is 18.1 Å². The Morgan fingerprint density at radius 3 is 2.89 bits per heavy atom. The Labute approximate surface area is 112 Å². The van der Waals surface area contributed by atoms with E-state index in [0.29, 0.717) is 12.5 Å². The summed E-state index contributed by atoms with van der Waals surface area (Å²) < 4.78 is 6.53. The molecule has 0 aliphatic heterocycles. The van der Waals surface area contributed by atoms with Crippen LogP contribution in [0.1, 0.15) is 13.8 Å². The standard InChI is InChI=1S/C13H20N2O4/c1-10(2)8-14-12(17)9-19-11-4-3-5-15(6-7-16)13(11)18/h3-5,10,16H,6-9H2,1-2H3,(H,14,17). The van der Waals surface area contributed by atoms with Gasteiger partial charge in [-0.25, -0.2) is 0 Å². The fourth-order valence-electron chi connectivity index (χ4n) is 1.42. The first-order chi connectivity index (χ1) is 9.04. The van der Waals surface area contributed by atoms with Crippen LogP contribution in [0.2, 0.25) is 0 Å². The normalized spacial score (nSPS) is 10.5. The summed E-state index contributed by atoms with van der Waals surface area (Å²) in [6.45, 7) is 4.45. The van der Waals surface area contributed by atoms with Crippen LogP contribution in [-0.4, -0.2) is 35.3 Å². The molecule has 0 bridgehead atoms. The van der Waals surface area contributed by atoms with Gasteiger partial charge in [-0.2, -0.15) is 0 Å². The molecule has 2 N–H and O–H groups in total. The van der Waals surface area contributed by atoms with Gasteiger partial charge in [0.25, 0.3) is 11.5 Å². The molecule has 0 unspecified atom stereocenters. The van der Waals surface area contributed by atoms with E-state index < -0.39 is 0 Å². The van der Waals surface area contributed by atoms with Crippen LogP contribution in [0.5, 0.6) is 5.75 Å². The van der Waals surface area contributed by atoms with Crippen LogP contribution in [0.4, 0.5) is 0 Å². The minimum absolute atomic E-state index is 0.107. The van der Waals surface area contributed by atoms with Crippen molar-refractivity contribution in [2.75, 3.05) is 19.8 Å². The Morgan fingerprint density at radius 1 is 1.53 bits per heavy atom. The Morgan fingerprint density at radius 2 is 2.26 bits per heavy atom. The van der Waals surface area contributed by atoms with Crippen molar-refractivity contribution in [3.63, 3.8) is 0 Å². The van der Waals surface area contributed by atoms with Crippen LogP contribution in [0, 0.1) is 5.92 Å². The van der Waals surface area contributed by atoms with Crippen molar-refractivity contribution in [1.82, 2.24) is 9.88 Å². The van der Waals surface area contributed by atoms with Crippen molar-refractivity contribution in [2.24, 2.45) is 5.92 Å². The number of rotatable bonds is 7. The number of nitrogens with one attached hydrogen (secondary N) is 1. The Bertz CT molecular complexity index is 468. The number of amides is 1. The zero-order valence-corrected chi connectivity index (χ0v) is 11.3. The van der Waals surface area contributed by atoms with Crippen LogP contribution < -0.4 is 15.6 Å². The van der Waals surface area contributed by atoms with Gasteiger partial charge in [0.2, 0.25) is 0 Å². The number of ether oxygens (including phenoxy) is 1. The maximum atomic E-state index is 11.8. The Hall–Kier alpha value is -1.82. The molecule has 6 heteroatoms. The molecule has 0 radical (unpaired) electrons. The maximum absolute atomic E-state index is 11.8. The lowest BCUT2D eigenvalue weighted by atomic mass is 10.2. The van der Waals surface area contributed by atoms with Gasteiger partial charge in [0.15, 0.2) is 12.4 Å². The third-order valence-corrected chi connectivity index (χ3v) is 2.39. The van der Waals surface area contributed by atoms with Crippen LogP contribution in [-0.2, 0) is 11.3 Å². The van der Waals surface area contributed by atoms with Crippen molar-refractivity contribution in [2.45, 2.75) is 20.4 Å². The van der Waals surface area contributed by atoms with Gasteiger partial charge in [-0.3, -0.25) is 9.59 Å². The van der Waals surface area contributed by atoms with Gasteiger partial charge >= 0.3 is 0 Å². The molecular formula is C13H20N2O4. The number of carbonyl (C=O) groups excluding carboxylic acids is 1. The largest absolute Gasteiger partial charge is 0.478 e. The van der Waals surface area contributed by atoms with Crippen molar-refractivity contribution in [3.05, 3.63) is 28.7 Å². The van der Waals surface area contributed by atoms with Crippen molar-refractivity contribution in [1.29, 1.82) is 0 Å². The smallest absolute Gasteiger partial charge is 0.292 e. The maximum Gasteiger partial charge on any atom is 0.292 e. The van der Waals surface area contributed by atoms with Crippen LogP contribution in [0.25, 0.3) is 0 Å². The molecule has 0 aliphatic carbocycles.